The van der Waals surface area contributed by atoms with Crippen molar-refractivity contribution in [2.24, 2.45) is 0 Å². The summed E-state index contributed by atoms with van der Waals surface area (Å²) < 4.78 is 38.5. The van der Waals surface area contributed by atoms with Crippen molar-refractivity contribution in [3.8, 4) is 0 Å². The normalized spacial score (nSPS) is 11.2. The highest BCUT2D eigenvalue weighted by Gasteiger charge is 2.32. The van der Waals surface area contributed by atoms with Gasteiger partial charge in [-0.05, 0) is 17.7 Å². The van der Waals surface area contributed by atoms with E-state index in [1.54, 1.807) is 6.07 Å². The zero-order chi connectivity index (χ0) is 15.5. The molecule has 1 N–H and O–H groups in total. The van der Waals surface area contributed by atoms with Crippen LogP contribution in [0.1, 0.15) is 11.1 Å². The lowest BCUT2D eigenvalue weighted by Crippen LogP contribution is -2.11. The van der Waals surface area contributed by atoms with Crippen LogP contribution >= 0.6 is 0 Å². The summed E-state index contributed by atoms with van der Waals surface area (Å²) in [4.78, 5) is 10.1. The molecule has 0 radical (unpaired) electrons. The first kappa shape index (κ1) is 14.8. The Morgan fingerprint density at radius 3 is 2.48 bits per heavy atom. The number of non-ortho nitro benzene ring substituents is 1. The number of hydrogen-bond acceptors (Lipinski definition) is 3. The lowest BCUT2D eigenvalue weighted by Gasteiger charge is -2.13. The third-order valence-electron chi connectivity index (χ3n) is 2.86. The van der Waals surface area contributed by atoms with Crippen LogP contribution in [0.2, 0.25) is 0 Å². The Morgan fingerprint density at radius 2 is 1.81 bits per heavy atom. The van der Waals surface area contributed by atoms with Crippen molar-refractivity contribution in [1.82, 2.24) is 0 Å². The molecule has 0 saturated heterocycles. The Kier molecular flexibility index (Phi) is 4.11. The van der Waals surface area contributed by atoms with E-state index >= 15 is 0 Å². The van der Waals surface area contributed by atoms with Crippen LogP contribution in [0.15, 0.2) is 48.5 Å². The minimum Gasteiger partial charge on any atom is -0.381 e. The van der Waals surface area contributed by atoms with Gasteiger partial charge in [0.25, 0.3) is 5.69 Å². The summed E-state index contributed by atoms with van der Waals surface area (Å²) in [6.45, 7) is -0.0726. The van der Waals surface area contributed by atoms with Gasteiger partial charge in [0.2, 0.25) is 0 Å². The van der Waals surface area contributed by atoms with Crippen molar-refractivity contribution in [1.29, 1.82) is 0 Å². The summed E-state index contributed by atoms with van der Waals surface area (Å²) in [5, 5.41) is 13.4. The summed E-state index contributed by atoms with van der Waals surface area (Å²) in [7, 11) is 0. The summed E-state index contributed by atoms with van der Waals surface area (Å²) in [5.74, 6) is 0. The fourth-order valence-corrected chi connectivity index (χ4v) is 1.88. The number of anilines is 1. The largest absolute Gasteiger partial charge is 0.416 e. The van der Waals surface area contributed by atoms with Crippen molar-refractivity contribution in [2.45, 2.75) is 12.7 Å². The lowest BCUT2D eigenvalue weighted by molar-refractivity contribution is -0.384. The van der Waals surface area contributed by atoms with Gasteiger partial charge >= 0.3 is 6.18 Å². The topological polar surface area (TPSA) is 55.2 Å². The summed E-state index contributed by atoms with van der Waals surface area (Å²) in [5.41, 5.74) is -0.371. The Morgan fingerprint density at radius 1 is 1.10 bits per heavy atom. The van der Waals surface area contributed by atoms with Crippen LogP contribution in [0.25, 0.3) is 0 Å². The van der Waals surface area contributed by atoms with Crippen LogP contribution in [0.5, 0.6) is 0 Å². The van der Waals surface area contributed by atoms with E-state index in [1.807, 2.05) is 0 Å². The van der Waals surface area contributed by atoms with E-state index in [2.05, 4.69) is 5.32 Å². The Bertz CT molecular complexity index is 657. The molecule has 0 unspecified atom stereocenters. The monoisotopic (exact) mass is 296 g/mol. The third kappa shape index (κ3) is 3.71. The fourth-order valence-electron chi connectivity index (χ4n) is 1.88. The quantitative estimate of drug-likeness (QED) is 0.678. The molecule has 110 valence electrons. The highest BCUT2D eigenvalue weighted by Crippen LogP contribution is 2.32. The second-order valence-corrected chi connectivity index (χ2v) is 4.32. The number of nitro benzene ring substituents is 1. The molecule has 2 rings (SSSR count). The number of hydrogen-bond donors (Lipinski definition) is 1. The zero-order valence-electron chi connectivity index (χ0n) is 10.7. The molecule has 0 aliphatic carbocycles. The Labute approximate surface area is 118 Å². The molecule has 0 atom stereocenters. The van der Waals surface area contributed by atoms with E-state index < -0.39 is 16.7 Å². The molecule has 0 spiro atoms. The van der Waals surface area contributed by atoms with Gasteiger partial charge in [0.1, 0.15) is 0 Å². The molecule has 0 fully saturated rings. The number of benzene rings is 2. The average Bonchev–Trinajstić information content (AvgIpc) is 2.45. The molecule has 7 heteroatoms. The van der Waals surface area contributed by atoms with E-state index in [0.717, 1.165) is 6.07 Å². The maximum absolute atomic E-state index is 12.8. The van der Waals surface area contributed by atoms with Crippen LogP contribution in [0, 0.1) is 10.1 Å². The molecule has 21 heavy (non-hydrogen) atoms. The van der Waals surface area contributed by atoms with Gasteiger partial charge in [0.05, 0.1) is 10.5 Å². The van der Waals surface area contributed by atoms with E-state index in [9.17, 15) is 23.3 Å². The van der Waals surface area contributed by atoms with Crippen LogP contribution < -0.4 is 5.32 Å². The molecule has 0 amide bonds. The van der Waals surface area contributed by atoms with Gasteiger partial charge in [-0.25, -0.2) is 0 Å². The summed E-state index contributed by atoms with van der Waals surface area (Å²) in [6.07, 6.45) is -4.43. The number of nitro groups is 1. The Hall–Kier alpha value is -2.57. The van der Waals surface area contributed by atoms with Gasteiger partial charge in [-0.3, -0.25) is 10.1 Å². The van der Waals surface area contributed by atoms with E-state index in [4.69, 9.17) is 0 Å². The molecule has 0 heterocycles. The second kappa shape index (κ2) is 5.82. The molecule has 0 aliphatic heterocycles. The van der Waals surface area contributed by atoms with Gasteiger partial charge in [-0.15, -0.1) is 0 Å². The van der Waals surface area contributed by atoms with Crippen LogP contribution in [0.4, 0.5) is 24.5 Å². The van der Waals surface area contributed by atoms with Gasteiger partial charge in [0.15, 0.2) is 0 Å². The standard InChI is InChI=1S/C14H11F3N2O2/c15-14(16,17)13-7-2-1-4-10(13)9-18-11-5-3-6-12(8-11)19(20)21/h1-8,18H,9H2. The first-order valence-electron chi connectivity index (χ1n) is 6.01. The van der Waals surface area contributed by atoms with Crippen molar-refractivity contribution in [3.63, 3.8) is 0 Å². The molecule has 2 aromatic rings. The van der Waals surface area contributed by atoms with Crippen molar-refractivity contribution >= 4 is 11.4 Å². The van der Waals surface area contributed by atoms with Crippen LogP contribution in [-0.4, -0.2) is 4.92 Å². The Balaban J connectivity index is 2.17. The molecule has 0 saturated carbocycles. The van der Waals surface area contributed by atoms with Crippen molar-refractivity contribution in [2.75, 3.05) is 5.32 Å². The maximum atomic E-state index is 12.8. The molecular weight excluding hydrogens is 285 g/mol. The molecule has 4 nitrogen and oxygen atoms in total. The molecular formula is C14H11F3N2O2. The van der Waals surface area contributed by atoms with Gasteiger partial charge in [-0.2, -0.15) is 13.2 Å². The minimum atomic E-state index is -4.43. The highest BCUT2D eigenvalue weighted by molar-refractivity contribution is 5.51. The third-order valence-corrected chi connectivity index (χ3v) is 2.86. The van der Waals surface area contributed by atoms with Gasteiger partial charge in [-0.1, -0.05) is 24.3 Å². The number of nitrogens with zero attached hydrogens (tertiary/aromatic N) is 1. The number of alkyl halides is 3. The average molecular weight is 296 g/mol. The van der Waals surface area contributed by atoms with Crippen molar-refractivity contribution < 1.29 is 18.1 Å². The summed E-state index contributed by atoms with van der Waals surface area (Å²) in [6, 6.07) is 10.8. The van der Waals surface area contributed by atoms with Gasteiger partial charge in [0, 0.05) is 24.4 Å². The number of rotatable bonds is 4. The van der Waals surface area contributed by atoms with Gasteiger partial charge < -0.3 is 5.32 Å². The first-order valence-corrected chi connectivity index (χ1v) is 6.01. The zero-order valence-corrected chi connectivity index (χ0v) is 10.7. The SMILES string of the molecule is O=[N+]([O-])c1cccc(NCc2ccccc2C(F)(F)F)c1. The van der Waals surface area contributed by atoms with Crippen LogP contribution in [-0.2, 0) is 12.7 Å². The predicted octanol–water partition coefficient (Wildman–Crippen LogP) is 4.23. The van der Waals surface area contributed by atoms with Crippen molar-refractivity contribution in [3.05, 3.63) is 69.8 Å². The van der Waals surface area contributed by atoms with E-state index in [0.29, 0.717) is 5.69 Å². The minimum absolute atomic E-state index is 0.0726. The van der Waals surface area contributed by atoms with E-state index in [-0.39, 0.29) is 17.8 Å². The first-order chi connectivity index (χ1) is 9.88. The fraction of sp³-hybridized carbons (Fsp3) is 0.143. The van der Waals surface area contributed by atoms with E-state index in [1.165, 1.54) is 36.4 Å². The maximum Gasteiger partial charge on any atom is 0.416 e. The molecule has 0 aliphatic rings. The molecule has 0 bridgehead atoms. The molecule has 0 aromatic heterocycles. The second-order valence-electron chi connectivity index (χ2n) is 4.32. The smallest absolute Gasteiger partial charge is 0.381 e. The van der Waals surface area contributed by atoms with Crippen LogP contribution in [0.3, 0.4) is 0 Å². The lowest BCUT2D eigenvalue weighted by atomic mass is 10.1. The number of nitrogens with one attached hydrogen (secondary N) is 1. The summed E-state index contributed by atoms with van der Waals surface area (Å²) >= 11 is 0. The highest BCUT2D eigenvalue weighted by atomic mass is 19.4. The molecule has 2 aromatic carbocycles. The predicted molar refractivity (Wildman–Crippen MR) is 71.9 cm³/mol. The number of halogens is 3.